The fourth-order valence-corrected chi connectivity index (χ4v) is 1.84. The Bertz CT molecular complexity index is 472. The minimum atomic E-state index is 0.321. The third-order valence-electron chi connectivity index (χ3n) is 2.39. The zero-order chi connectivity index (χ0) is 11.5. The standard InChI is InChI=1S/C13H13ClN2/c1-9-3-5-11(6-4-9)8-12-7-10(2)15-13(14)16-12/h3-7H,8H2,1-2H3. The highest BCUT2D eigenvalue weighted by Gasteiger charge is 2.01. The molecular weight excluding hydrogens is 220 g/mol. The Labute approximate surface area is 100 Å². The molecule has 0 aliphatic carbocycles. The van der Waals surface area contributed by atoms with Crippen molar-refractivity contribution in [3.8, 4) is 0 Å². The number of hydrogen-bond acceptors (Lipinski definition) is 2. The maximum Gasteiger partial charge on any atom is 0.222 e. The molecule has 2 aromatic rings. The van der Waals surface area contributed by atoms with Gasteiger partial charge in [-0.05, 0) is 37.1 Å². The van der Waals surface area contributed by atoms with Crippen LogP contribution in [0.3, 0.4) is 0 Å². The van der Waals surface area contributed by atoms with Crippen molar-refractivity contribution in [1.29, 1.82) is 0 Å². The van der Waals surface area contributed by atoms with Crippen molar-refractivity contribution in [3.63, 3.8) is 0 Å². The number of rotatable bonds is 2. The molecule has 0 spiro atoms. The van der Waals surface area contributed by atoms with E-state index in [2.05, 4.69) is 41.2 Å². The third-order valence-corrected chi connectivity index (χ3v) is 2.55. The Morgan fingerprint density at radius 2 is 1.75 bits per heavy atom. The highest BCUT2D eigenvalue weighted by atomic mass is 35.5. The molecule has 2 nitrogen and oxygen atoms in total. The molecule has 0 aliphatic heterocycles. The van der Waals surface area contributed by atoms with Crippen LogP contribution in [0.1, 0.15) is 22.5 Å². The number of nitrogens with zero attached hydrogens (tertiary/aromatic N) is 2. The molecule has 0 bridgehead atoms. The van der Waals surface area contributed by atoms with Gasteiger partial charge in [-0.3, -0.25) is 0 Å². The van der Waals surface area contributed by atoms with Gasteiger partial charge in [-0.1, -0.05) is 29.8 Å². The van der Waals surface area contributed by atoms with Crippen molar-refractivity contribution in [1.82, 2.24) is 9.97 Å². The van der Waals surface area contributed by atoms with Gasteiger partial charge < -0.3 is 0 Å². The molecule has 2 rings (SSSR count). The number of aromatic nitrogens is 2. The first-order valence-electron chi connectivity index (χ1n) is 5.19. The molecule has 0 saturated heterocycles. The number of halogens is 1. The van der Waals surface area contributed by atoms with E-state index < -0.39 is 0 Å². The quantitative estimate of drug-likeness (QED) is 0.743. The van der Waals surface area contributed by atoms with Gasteiger partial charge in [0.1, 0.15) is 0 Å². The molecule has 0 aliphatic rings. The van der Waals surface area contributed by atoms with Crippen LogP contribution in [0.5, 0.6) is 0 Å². The van der Waals surface area contributed by atoms with Crippen LogP contribution in [-0.4, -0.2) is 9.97 Å². The number of aryl methyl sites for hydroxylation is 2. The lowest BCUT2D eigenvalue weighted by Crippen LogP contribution is -1.96. The summed E-state index contributed by atoms with van der Waals surface area (Å²) in [5.41, 5.74) is 4.36. The lowest BCUT2D eigenvalue weighted by atomic mass is 10.1. The highest BCUT2D eigenvalue weighted by Crippen LogP contribution is 2.11. The zero-order valence-electron chi connectivity index (χ0n) is 9.37. The summed E-state index contributed by atoms with van der Waals surface area (Å²) in [4.78, 5) is 8.25. The summed E-state index contributed by atoms with van der Waals surface area (Å²) < 4.78 is 0. The molecule has 0 amide bonds. The van der Waals surface area contributed by atoms with Crippen molar-refractivity contribution in [2.45, 2.75) is 20.3 Å². The summed E-state index contributed by atoms with van der Waals surface area (Å²) in [5, 5.41) is 0.321. The van der Waals surface area contributed by atoms with Crippen molar-refractivity contribution in [2.24, 2.45) is 0 Å². The lowest BCUT2D eigenvalue weighted by molar-refractivity contribution is 0.999. The summed E-state index contributed by atoms with van der Waals surface area (Å²) >= 11 is 5.82. The molecule has 0 saturated carbocycles. The van der Waals surface area contributed by atoms with Crippen molar-refractivity contribution in [2.75, 3.05) is 0 Å². The van der Waals surface area contributed by atoms with Crippen LogP contribution < -0.4 is 0 Å². The number of benzene rings is 1. The molecule has 0 atom stereocenters. The maximum absolute atomic E-state index is 5.82. The molecule has 3 heteroatoms. The summed E-state index contributed by atoms with van der Waals surface area (Å²) in [6.45, 7) is 4.00. The molecular formula is C13H13ClN2. The van der Waals surface area contributed by atoms with Gasteiger partial charge in [-0.15, -0.1) is 0 Å². The van der Waals surface area contributed by atoms with Crippen LogP contribution in [0.4, 0.5) is 0 Å². The Morgan fingerprint density at radius 1 is 1.06 bits per heavy atom. The van der Waals surface area contributed by atoms with Gasteiger partial charge >= 0.3 is 0 Å². The van der Waals surface area contributed by atoms with E-state index >= 15 is 0 Å². The third kappa shape index (κ3) is 2.80. The molecule has 0 fully saturated rings. The first-order chi connectivity index (χ1) is 7.63. The highest BCUT2D eigenvalue weighted by molar-refractivity contribution is 6.28. The lowest BCUT2D eigenvalue weighted by Gasteiger charge is -2.03. The largest absolute Gasteiger partial charge is 0.223 e. The van der Waals surface area contributed by atoms with Crippen LogP contribution in [0.2, 0.25) is 5.28 Å². The van der Waals surface area contributed by atoms with E-state index in [4.69, 9.17) is 11.6 Å². The van der Waals surface area contributed by atoms with E-state index in [1.54, 1.807) is 0 Å². The van der Waals surface area contributed by atoms with Crippen LogP contribution in [0.15, 0.2) is 30.3 Å². The van der Waals surface area contributed by atoms with E-state index in [1.807, 2.05) is 13.0 Å². The van der Waals surface area contributed by atoms with Crippen molar-refractivity contribution < 1.29 is 0 Å². The topological polar surface area (TPSA) is 25.8 Å². The van der Waals surface area contributed by atoms with Crippen LogP contribution in [0, 0.1) is 13.8 Å². The van der Waals surface area contributed by atoms with Crippen LogP contribution in [-0.2, 0) is 6.42 Å². The first-order valence-corrected chi connectivity index (χ1v) is 5.57. The zero-order valence-corrected chi connectivity index (χ0v) is 10.1. The van der Waals surface area contributed by atoms with Gasteiger partial charge in [0.15, 0.2) is 0 Å². The van der Waals surface area contributed by atoms with E-state index in [1.165, 1.54) is 11.1 Å². The Kier molecular flexibility index (Phi) is 3.20. The van der Waals surface area contributed by atoms with Gasteiger partial charge in [0.2, 0.25) is 5.28 Å². The fraction of sp³-hybridized carbons (Fsp3) is 0.231. The summed E-state index contributed by atoms with van der Waals surface area (Å²) in [7, 11) is 0. The second kappa shape index (κ2) is 4.62. The Balaban J connectivity index is 2.23. The predicted octanol–water partition coefficient (Wildman–Crippen LogP) is 3.34. The molecule has 0 N–H and O–H groups in total. The molecule has 0 radical (unpaired) electrons. The number of hydrogen-bond donors (Lipinski definition) is 0. The van der Waals surface area contributed by atoms with E-state index in [0.717, 1.165) is 17.8 Å². The second-order valence-electron chi connectivity index (χ2n) is 3.93. The average molecular weight is 233 g/mol. The molecule has 1 aromatic heterocycles. The second-order valence-corrected chi connectivity index (χ2v) is 4.27. The summed E-state index contributed by atoms with van der Waals surface area (Å²) in [5.74, 6) is 0. The Morgan fingerprint density at radius 3 is 2.38 bits per heavy atom. The first kappa shape index (κ1) is 11.1. The molecule has 1 heterocycles. The summed E-state index contributed by atoms with van der Waals surface area (Å²) in [6, 6.07) is 10.4. The normalized spacial score (nSPS) is 10.4. The van der Waals surface area contributed by atoms with E-state index in [-0.39, 0.29) is 0 Å². The molecule has 1 aromatic carbocycles. The van der Waals surface area contributed by atoms with Crippen molar-refractivity contribution >= 4 is 11.6 Å². The predicted molar refractivity (Wildman–Crippen MR) is 65.8 cm³/mol. The van der Waals surface area contributed by atoms with Gasteiger partial charge in [0.05, 0.1) is 0 Å². The van der Waals surface area contributed by atoms with E-state index in [0.29, 0.717) is 5.28 Å². The average Bonchev–Trinajstić information content (AvgIpc) is 2.20. The smallest absolute Gasteiger partial charge is 0.222 e. The maximum atomic E-state index is 5.82. The monoisotopic (exact) mass is 232 g/mol. The minimum Gasteiger partial charge on any atom is -0.223 e. The molecule has 82 valence electrons. The minimum absolute atomic E-state index is 0.321. The van der Waals surface area contributed by atoms with Gasteiger partial charge in [-0.2, -0.15) is 0 Å². The van der Waals surface area contributed by atoms with Crippen LogP contribution >= 0.6 is 11.6 Å². The van der Waals surface area contributed by atoms with E-state index in [9.17, 15) is 0 Å². The van der Waals surface area contributed by atoms with Gasteiger partial charge in [0, 0.05) is 17.8 Å². The summed E-state index contributed by atoms with van der Waals surface area (Å²) in [6.07, 6.45) is 0.795. The SMILES string of the molecule is Cc1ccc(Cc2cc(C)nc(Cl)n2)cc1. The fourth-order valence-electron chi connectivity index (χ4n) is 1.60. The van der Waals surface area contributed by atoms with Gasteiger partial charge in [0.25, 0.3) is 0 Å². The van der Waals surface area contributed by atoms with Crippen LogP contribution in [0.25, 0.3) is 0 Å². The molecule has 0 unspecified atom stereocenters. The van der Waals surface area contributed by atoms with Gasteiger partial charge in [-0.25, -0.2) is 9.97 Å². The molecule has 16 heavy (non-hydrogen) atoms. The van der Waals surface area contributed by atoms with Crippen molar-refractivity contribution in [3.05, 3.63) is 58.1 Å². The Hall–Kier alpha value is -1.41.